The predicted molar refractivity (Wildman–Crippen MR) is 67.3 cm³/mol. The van der Waals surface area contributed by atoms with E-state index in [1.807, 2.05) is 6.92 Å². The molecular formula is C11H17N3O3S. The Kier molecular flexibility index (Phi) is 4.15. The molecule has 2 amide bonds. The van der Waals surface area contributed by atoms with Gasteiger partial charge in [-0.2, -0.15) is 0 Å². The van der Waals surface area contributed by atoms with E-state index in [1.165, 1.54) is 16.2 Å². The molecule has 1 aliphatic rings. The molecule has 18 heavy (non-hydrogen) atoms. The van der Waals surface area contributed by atoms with E-state index in [-0.39, 0.29) is 25.2 Å². The number of aromatic nitrogens is 1. The van der Waals surface area contributed by atoms with Crippen molar-refractivity contribution in [2.24, 2.45) is 0 Å². The zero-order chi connectivity index (χ0) is 13.1. The van der Waals surface area contributed by atoms with Crippen molar-refractivity contribution in [2.75, 3.05) is 13.2 Å². The van der Waals surface area contributed by atoms with E-state index in [9.17, 15) is 9.90 Å². The fraction of sp³-hybridized carbons (Fsp3) is 0.636. The molecule has 0 radical (unpaired) electrons. The quantitative estimate of drug-likeness (QED) is 0.727. The van der Waals surface area contributed by atoms with Gasteiger partial charge in [0.2, 0.25) is 0 Å². The van der Waals surface area contributed by atoms with Crippen LogP contribution in [-0.4, -0.2) is 51.4 Å². The van der Waals surface area contributed by atoms with Gasteiger partial charge in [-0.25, -0.2) is 9.78 Å². The number of hydrogen-bond donors (Lipinski definition) is 3. The Hall–Kier alpha value is -1.18. The van der Waals surface area contributed by atoms with Crippen LogP contribution in [0.25, 0.3) is 0 Å². The van der Waals surface area contributed by atoms with Crippen LogP contribution >= 0.6 is 11.3 Å². The Morgan fingerprint density at radius 3 is 3.11 bits per heavy atom. The lowest BCUT2D eigenvalue weighted by Gasteiger charge is -2.22. The molecule has 1 saturated heterocycles. The molecule has 3 N–H and O–H groups in total. The lowest BCUT2D eigenvalue weighted by atomic mass is 10.2. The van der Waals surface area contributed by atoms with Gasteiger partial charge < -0.3 is 20.4 Å². The third-order valence-electron chi connectivity index (χ3n) is 3.11. The van der Waals surface area contributed by atoms with E-state index in [4.69, 9.17) is 5.11 Å². The largest absolute Gasteiger partial charge is 0.394 e. The van der Waals surface area contributed by atoms with Crippen molar-refractivity contribution < 1.29 is 15.0 Å². The van der Waals surface area contributed by atoms with Crippen molar-refractivity contribution in [1.82, 2.24) is 15.2 Å². The summed E-state index contributed by atoms with van der Waals surface area (Å²) < 4.78 is 0. The molecule has 2 atom stereocenters. The van der Waals surface area contributed by atoms with Crippen molar-refractivity contribution in [3.63, 3.8) is 0 Å². The van der Waals surface area contributed by atoms with Crippen LogP contribution in [0.4, 0.5) is 4.79 Å². The maximum Gasteiger partial charge on any atom is 0.318 e. The summed E-state index contributed by atoms with van der Waals surface area (Å²) in [4.78, 5) is 18.6. The number of β-amino-alcohol motifs (C(OH)–C–C–N with tert-alkyl or cyclic N) is 1. The molecule has 0 aliphatic carbocycles. The van der Waals surface area contributed by atoms with Crippen LogP contribution in [0, 0.1) is 6.92 Å². The third-order valence-corrected chi connectivity index (χ3v) is 4.04. The van der Waals surface area contributed by atoms with E-state index >= 15 is 0 Å². The van der Waals surface area contributed by atoms with Crippen LogP contribution in [0.3, 0.4) is 0 Å². The highest BCUT2D eigenvalue weighted by Gasteiger charge is 2.33. The number of nitrogens with one attached hydrogen (secondary N) is 1. The lowest BCUT2D eigenvalue weighted by Crippen LogP contribution is -2.44. The number of aryl methyl sites for hydroxylation is 1. The van der Waals surface area contributed by atoms with E-state index in [1.54, 1.807) is 5.51 Å². The molecule has 0 spiro atoms. The van der Waals surface area contributed by atoms with Crippen LogP contribution in [0.1, 0.15) is 17.0 Å². The SMILES string of the molecule is Cc1ncsc1CNC(=O)N1C[C@@H](O)C[C@H]1CO. The Bertz CT molecular complexity index is 423. The minimum Gasteiger partial charge on any atom is -0.394 e. The predicted octanol–water partition coefficient (Wildman–Crippen LogP) is 0.0886. The first-order chi connectivity index (χ1) is 8.61. The molecule has 0 aromatic carbocycles. The van der Waals surface area contributed by atoms with Crippen LogP contribution in [0.5, 0.6) is 0 Å². The summed E-state index contributed by atoms with van der Waals surface area (Å²) in [5.74, 6) is 0. The first kappa shape index (κ1) is 13.3. The number of aliphatic hydroxyl groups excluding tert-OH is 2. The van der Waals surface area contributed by atoms with Gasteiger partial charge in [0, 0.05) is 11.4 Å². The second-order valence-electron chi connectivity index (χ2n) is 4.40. The third kappa shape index (κ3) is 2.80. The topological polar surface area (TPSA) is 85.7 Å². The molecular weight excluding hydrogens is 254 g/mol. The highest BCUT2D eigenvalue weighted by Crippen LogP contribution is 2.18. The van der Waals surface area contributed by atoms with E-state index in [0.717, 1.165) is 10.6 Å². The number of nitrogens with zero attached hydrogens (tertiary/aromatic N) is 2. The van der Waals surface area contributed by atoms with Gasteiger partial charge >= 0.3 is 6.03 Å². The Balaban J connectivity index is 1.90. The van der Waals surface area contributed by atoms with Gasteiger partial charge in [-0.1, -0.05) is 0 Å². The number of urea groups is 1. The number of aliphatic hydroxyl groups is 2. The maximum absolute atomic E-state index is 11.9. The van der Waals surface area contributed by atoms with Gasteiger partial charge in [0.15, 0.2) is 0 Å². The zero-order valence-electron chi connectivity index (χ0n) is 10.2. The summed E-state index contributed by atoms with van der Waals surface area (Å²) in [5, 5.41) is 21.5. The summed E-state index contributed by atoms with van der Waals surface area (Å²) in [7, 11) is 0. The smallest absolute Gasteiger partial charge is 0.318 e. The number of likely N-dealkylation sites (tertiary alicyclic amines) is 1. The lowest BCUT2D eigenvalue weighted by molar-refractivity contribution is 0.154. The number of thiazole rings is 1. The van der Waals surface area contributed by atoms with Crippen molar-refractivity contribution in [2.45, 2.75) is 32.0 Å². The molecule has 1 aromatic rings. The summed E-state index contributed by atoms with van der Waals surface area (Å²) in [6.07, 6.45) is -0.109. The van der Waals surface area contributed by atoms with Crippen molar-refractivity contribution >= 4 is 17.4 Å². The Labute approximate surface area is 109 Å². The molecule has 7 heteroatoms. The van der Waals surface area contributed by atoms with E-state index in [0.29, 0.717) is 13.0 Å². The molecule has 0 unspecified atom stereocenters. The second kappa shape index (κ2) is 5.64. The number of carbonyl (C=O) groups excluding carboxylic acids is 1. The maximum atomic E-state index is 11.9. The molecule has 2 heterocycles. The van der Waals surface area contributed by atoms with Crippen molar-refractivity contribution in [1.29, 1.82) is 0 Å². The number of rotatable bonds is 3. The Morgan fingerprint density at radius 1 is 1.72 bits per heavy atom. The van der Waals surface area contributed by atoms with Crippen molar-refractivity contribution in [3.8, 4) is 0 Å². The highest BCUT2D eigenvalue weighted by atomic mass is 32.1. The number of carbonyl (C=O) groups is 1. The van der Waals surface area contributed by atoms with Crippen LogP contribution in [0.2, 0.25) is 0 Å². The van der Waals surface area contributed by atoms with Gasteiger partial charge in [0.05, 0.1) is 36.5 Å². The van der Waals surface area contributed by atoms with Crippen LogP contribution < -0.4 is 5.32 Å². The fourth-order valence-corrected chi connectivity index (χ4v) is 2.78. The molecule has 6 nitrogen and oxygen atoms in total. The molecule has 0 saturated carbocycles. The zero-order valence-corrected chi connectivity index (χ0v) is 11.0. The van der Waals surface area contributed by atoms with E-state index in [2.05, 4.69) is 10.3 Å². The number of hydrogen-bond acceptors (Lipinski definition) is 5. The van der Waals surface area contributed by atoms with E-state index < -0.39 is 6.10 Å². The van der Waals surface area contributed by atoms with Gasteiger partial charge in [-0.05, 0) is 13.3 Å². The molecule has 1 aliphatic heterocycles. The minimum atomic E-state index is -0.543. The van der Waals surface area contributed by atoms with Crippen molar-refractivity contribution in [3.05, 3.63) is 16.1 Å². The summed E-state index contributed by atoms with van der Waals surface area (Å²) in [6, 6.07) is -0.541. The first-order valence-corrected chi connectivity index (χ1v) is 6.72. The van der Waals surface area contributed by atoms with Gasteiger partial charge in [-0.3, -0.25) is 0 Å². The molecule has 1 aromatic heterocycles. The van der Waals surface area contributed by atoms with Gasteiger partial charge in [0.25, 0.3) is 0 Å². The second-order valence-corrected chi connectivity index (χ2v) is 5.34. The summed E-state index contributed by atoms with van der Waals surface area (Å²) in [6.45, 7) is 2.48. The average Bonchev–Trinajstić information content (AvgIpc) is 2.92. The molecule has 2 rings (SSSR count). The average molecular weight is 271 g/mol. The fourth-order valence-electron chi connectivity index (χ4n) is 2.07. The normalized spacial score (nSPS) is 23.4. The van der Waals surface area contributed by atoms with Gasteiger partial charge in [-0.15, -0.1) is 11.3 Å². The Morgan fingerprint density at radius 2 is 2.50 bits per heavy atom. The molecule has 1 fully saturated rings. The van der Waals surface area contributed by atoms with Gasteiger partial charge in [0.1, 0.15) is 0 Å². The monoisotopic (exact) mass is 271 g/mol. The van der Waals surface area contributed by atoms with Crippen LogP contribution in [0.15, 0.2) is 5.51 Å². The highest BCUT2D eigenvalue weighted by molar-refractivity contribution is 7.09. The first-order valence-electron chi connectivity index (χ1n) is 5.84. The number of amides is 2. The molecule has 100 valence electrons. The standard InChI is InChI=1S/C11H17N3O3S/c1-7-10(18-6-13-7)3-12-11(17)14-4-9(16)2-8(14)5-15/h6,8-9,15-16H,2-5H2,1H3,(H,12,17)/t8-,9-/m0/s1. The summed E-state index contributed by atoms with van der Waals surface area (Å²) in [5.41, 5.74) is 2.66. The minimum absolute atomic E-state index is 0.121. The summed E-state index contributed by atoms with van der Waals surface area (Å²) >= 11 is 1.50. The molecule has 0 bridgehead atoms. The van der Waals surface area contributed by atoms with Crippen LogP contribution in [-0.2, 0) is 6.54 Å².